The van der Waals surface area contributed by atoms with Crippen molar-refractivity contribution < 1.29 is 22.6 Å². The maximum Gasteiger partial charge on any atom is 0.417 e. The molecule has 0 atom stereocenters. The fourth-order valence-electron chi connectivity index (χ4n) is 2.93. The monoisotopic (exact) mass is 340 g/mol. The van der Waals surface area contributed by atoms with Gasteiger partial charge in [0.15, 0.2) is 0 Å². The van der Waals surface area contributed by atoms with E-state index in [2.05, 4.69) is 6.08 Å². The minimum absolute atomic E-state index is 0.139. The maximum atomic E-state index is 13.6. The van der Waals surface area contributed by atoms with Gasteiger partial charge in [-0.1, -0.05) is 24.6 Å². The predicted octanol–water partition coefficient (Wildman–Crippen LogP) is 6.02. The molecule has 0 heterocycles. The van der Waals surface area contributed by atoms with Crippen LogP contribution in [0.2, 0.25) is 0 Å². The third kappa shape index (κ3) is 4.56. The molecule has 0 aromatic heterocycles. The summed E-state index contributed by atoms with van der Waals surface area (Å²) in [5.74, 6) is 0.345. The van der Waals surface area contributed by atoms with E-state index in [9.17, 15) is 13.2 Å². The Morgan fingerprint density at radius 2 is 1.75 bits per heavy atom. The zero-order valence-corrected chi connectivity index (χ0v) is 14.1. The van der Waals surface area contributed by atoms with Crippen LogP contribution in [-0.4, -0.2) is 14.2 Å². The molecule has 24 heavy (non-hydrogen) atoms. The SMILES string of the molecule is COc1cc(OC)c(C2=CCC=CCCCCC2)c(C(F)(F)F)c1. The first-order valence-corrected chi connectivity index (χ1v) is 8.15. The number of benzene rings is 1. The van der Waals surface area contributed by atoms with Crippen molar-refractivity contribution in [2.45, 2.75) is 44.7 Å². The van der Waals surface area contributed by atoms with E-state index in [0.717, 1.165) is 31.7 Å². The van der Waals surface area contributed by atoms with Gasteiger partial charge in [0.05, 0.1) is 19.8 Å². The first-order chi connectivity index (χ1) is 11.5. The third-order valence-corrected chi connectivity index (χ3v) is 4.14. The molecule has 0 N–H and O–H groups in total. The molecule has 0 saturated carbocycles. The topological polar surface area (TPSA) is 18.5 Å². The van der Waals surface area contributed by atoms with E-state index < -0.39 is 11.7 Å². The Morgan fingerprint density at radius 1 is 0.958 bits per heavy atom. The Bertz CT molecular complexity index is 616. The van der Waals surface area contributed by atoms with Gasteiger partial charge < -0.3 is 9.47 Å². The van der Waals surface area contributed by atoms with Gasteiger partial charge in [-0.2, -0.15) is 13.2 Å². The van der Waals surface area contributed by atoms with Gasteiger partial charge in [0.25, 0.3) is 0 Å². The zero-order valence-electron chi connectivity index (χ0n) is 14.1. The van der Waals surface area contributed by atoms with E-state index in [1.54, 1.807) is 0 Å². The van der Waals surface area contributed by atoms with E-state index >= 15 is 0 Å². The van der Waals surface area contributed by atoms with E-state index in [1.165, 1.54) is 20.3 Å². The highest BCUT2D eigenvalue weighted by Crippen LogP contribution is 2.43. The van der Waals surface area contributed by atoms with Crippen molar-refractivity contribution in [2.24, 2.45) is 0 Å². The molecule has 0 saturated heterocycles. The second-order valence-electron chi connectivity index (χ2n) is 5.79. The van der Waals surface area contributed by atoms with Gasteiger partial charge in [0.1, 0.15) is 11.5 Å². The number of hydrogen-bond acceptors (Lipinski definition) is 2. The van der Waals surface area contributed by atoms with Crippen LogP contribution in [0.15, 0.2) is 30.4 Å². The van der Waals surface area contributed by atoms with Crippen LogP contribution in [0.5, 0.6) is 11.5 Å². The molecule has 0 bridgehead atoms. The lowest BCUT2D eigenvalue weighted by Crippen LogP contribution is -2.11. The molecule has 5 heteroatoms. The molecule has 1 aromatic carbocycles. The van der Waals surface area contributed by atoms with Crippen molar-refractivity contribution in [3.8, 4) is 11.5 Å². The van der Waals surface area contributed by atoms with Gasteiger partial charge in [0.2, 0.25) is 0 Å². The lowest BCUT2D eigenvalue weighted by atomic mass is 9.92. The number of hydrogen-bond donors (Lipinski definition) is 0. The van der Waals surface area contributed by atoms with Gasteiger partial charge in [-0.15, -0.1) is 0 Å². The van der Waals surface area contributed by atoms with Crippen LogP contribution in [0.3, 0.4) is 0 Å². The highest BCUT2D eigenvalue weighted by molar-refractivity contribution is 5.75. The van der Waals surface area contributed by atoms with E-state index in [-0.39, 0.29) is 17.1 Å². The molecule has 2 nitrogen and oxygen atoms in total. The van der Waals surface area contributed by atoms with Crippen molar-refractivity contribution in [3.63, 3.8) is 0 Å². The van der Waals surface area contributed by atoms with Gasteiger partial charge >= 0.3 is 6.18 Å². The Balaban J connectivity index is 2.58. The highest BCUT2D eigenvalue weighted by Gasteiger charge is 2.36. The van der Waals surface area contributed by atoms with Crippen molar-refractivity contribution in [1.82, 2.24) is 0 Å². The summed E-state index contributed by atoms with van der Waals surface area (Å²) in [6.45, 7) is 0. The Labute approximate surface area is 141 Å². The molecule has 0 amide bonds. The van der Waals surface area contributed by atoms with Crippen LogP contribution in [0, 0.1) is 0 Å². The minimum atomic E-state index is -4.47. The van der Waals surface area contributed by atoms with E-state index in [0.29, 0.717) is 18.4 Å². The predicted molar refractivity (Wildman–Crippen MR) is 89.4 cm³/mol. The van der Waals surface area contributed by atoms with Crippen molar-refractivity contribution in [3.05, 3.63) is 41.5 Å². The Morgan fingerprint density at radius 3 is 2.42 bits per heavy atom. The van der Waals surface area contributed by atoms with Crippen molar-refractivity contribution in [1.29, 1.82) is 0 Å². The van der Waals surface area contributed by atoms with Crippen LogP contribution in [0.4, 0.5) is 13.2 Å². The molecule has 1 aliphatic carbocycles. The van der Waals surface area contributed by atoms with Crippen LogP contribution in [-0.2, 0) is 6.18 Å². The molecule has 0 fully saturated rings. The molecule has 0 unspecified atom stereocenters. The number of halogens is 3. The number of allylic oxidation sites excluding steroid dienone is 4. The lowest BCUT2D eigenvalue weighted by Gasteiger charge is -2.20. The van der Waals surface area contributed by atoms with Gasteiger partial charge in [-0.25, -0.2) is 0 Å². The molecule has 0 radical (unpaired) electrons. The highest BCUT2D eigenvalue weighted by atomic mass is 19.4. The standard InChI is InChI=1S/C19H23F3O2/c1-23-15-12-16(19(20,21)22)18(17(13-15)24-2)14-10-8-6-4-3-5-7-9-11-14/h4,6,10,12-13H,3,5,7-9,11H2,1-2H3. The fraction of sp³-hybridized carbons (Fsp3) is 0.474. The molecule has 132 valence electrons. The second-order valence-corrected chi connectivity index (χ2v) is 5.79. The van der Waals surface area contributed by atoms with E-state index in [4.69, 9.17) is 9.47 Å². The van der Waals surface area contributed by atoms with Crippen LogP contribution in [0.1, 0.15) is 49.7 Å². The number of methoxy groups -OCH3 is 2. The number of rotatable bonds is 3. The average Bonchev–Trinajstić information content (AvgIpc) is 2.57. The Hall–Kier alpha value is -1.91. The summed E-state index contributed by atoms with van der Waals surface area (Å²) in [4.78, 5) is 0. The summed E-state index contributed by atoms with van der Waals surface area (Å²) in [6, 6.07) is 2.56. The van der Waals surface area contributed by atoms with Gasteiger partial charge in [0, 0.05) is 11.6 Å². The molecular weight excluding hydrogens is 317 g/mol. The second kappa shape index (κ2) is 8.27. The molecule has 2 rings (SSSR count). The summed E-state index contributed by atoms with van der Waals surface area (Å²) in [5.41, 5.74) is 0.124. The van der Waals surface area contributed by atoms with Gasteiger partial charge in [-0.3, -0.25) is 0 Å². The van der Waals surface area contributed by atoms with Crippen LogP contribution in [0.25, 0.3) is 5.57 Å². The van der Waals surface area contributed by atoms with Crippen molar-refractivity contribution in [2.75, 3.05) is 14.2 Å². The third-order valence-electron chi connectivity index (χ3n) is 4.14. The van der Waals surface area contributed by atoms with Crippen molar-refractivity contribution >= 4 is 5.57 Å². The number of ether oxygens (including phenoxy) is 2. The smallest absolute Gasteiger partial charge is 0.417 e. The first-order valence-electron chi connectivity index (χ1n) is 8.15. The molecule has 0 aliphatic heterocycles. The fourth-order valence-corrected chi connectivity index (χ4v) is 2.93. The average molecular weight is 340 g/mol. The van der Waals surface area contributed by atoms with Crippen LogP contribution < -0.4 is 9.47 Å². The summed E-state index contributed by atoms with van der Waals surface area (Å²) < 4.78 is 51.1. The normalized spacial score (nSPS) is 16.5. The summed E-state index contributed by atoms with van der Waals surface area (Å²) in [6.07, 6.45) is 6.71. The lowest BCUT2D eigenvalue weighted by molar-refractivity contribution is -0.138. The molecule has 0 spiro atoms. The Kier molecular flexibility index (Phi) is 6.35. The molecule has 1 aromatic rings. The van der Waals surface area contributed by atoms with Gasteiger partial charge in [-0.05, 0) is 43.7 Å². The summed E-state index contributed by atoms with van der Waals surface area (Å²) in [5, 5.41) is 0. The zero-order chi connectivity index (χ0) is 17.6. The maximum absolute atomic E-state index is 13.6. The summed E-state index contributed by atoms with van der Waals surface area (Å²) >= 11 is 0. The minimum Gasteiger partial charge on any atom is -0.497 e. The molecule has 1 aliphatic rings. The quantitative estimate of drug-likeness (QED) is 0.627. The molecular formula is C19H23F3O2. The largest absolute Gasteiger partial charge is 0.497 e. The van der Waals surface area contributed by atoms with E-state index in [1.807, 2.05) is 12.2 Å². The number of alkyl halides is 3. The van der Waals surface area contributed by atoms with Crippen LogP contribution >= 0.6 is 0 Å². The summed E-state index contributed by atoms with van der Waals surface area (Å²) in [7, 11) is 2.74. The first kappa shape index (κ1) is 18.4.